The molecule has 1 nitrogen and oxygen atoms in total. The van der Waals surface area contributed by atoms with Gasteiger partial charge >= 0.3 is 0 Å². The van der Waals surface area contributed by atoms with Crippen molar-refractivity contribution in [1.29, 1.82) is 5.26 Å². The van der Waals surface area contributed by atoms with Crippen molar-refractivity contribution in [2.24, 2.45) is 0 Å². The molecule has 2 aromatic rings. The van der Waals surface area contributed by atoms with Crippen LogP contribution in [0.4, 0.5) is 0 Å². The van der Waals surface area contributed by atoms with Crippen molar-refractivity contribution in [3.8, 4) is 6.07 Å². The predicted molar refractivity (Wildman–Crippen MR) is 74.7 cm³/mol. The van der Waals surface area contributed by atoms with Gasteiger partial charge in [0.1, 0.15) is 0 Å². The predicted octanol–water partition coefficient (Wildman–Crippen LogP) is 4.75. The van der Waals surface area contributed by atoms with Crippen LogP contribution in [0.2, 0.25) is 5.02 Å². The molecule has 0 bridgehead atoms. The molecule has 0 aromatic heterocycles. The third kappa shape index (κ3) is 2.72. The zero-order valence-corrected chi connectivity index (χ0v) is 10.9. The Balaban J connectivity index is 2.30. The summed E-state index contributed by atoms with van der Waals surface area (Å²) in [5.74, 6) is 0.0158. The van der Waals surface area contributed by atoms with Gasteiger partial charge in [-0.3, -0.25) is 0 Å². The molecule has 0 saturated heterocycles. The lowest BCUT2D eigenvalue weighted by Crippen LogP contribution is -2.06. The van der Waals surface area contributed by atoms with E-state index >= 15 is 0 Å². The first-order valence-electron chi connectivity index (χ1n) is 5.92. The summed E-state index contributed by atoms with van der Waals surface area (Å²) in [6.45, 7) is 2.08. The molecule has 2 unspecified atom stereocenters. The van der Waals surface area contributed by atoms with Gasteiger partial charge in [-0.25, -0.2) is 0 Å². The molecule has 18 heavy (non-hydrogen) atoms. The van der Waals surface area contributed by atoms with Crippen molar-refractivity contribution < 1.29 is 0 Å². The molecule has 0 spiro atoms. The van der Waals surface area contributed by atoms with Gasteiger partial charge < -0.3 is 0 Å². The van der Waals surface area contributed by atoms with Crippen molar-refractivity contribution >= 4 is 11.6 Å². The Hall–Kier alpha value is -1.78. The van der Waals surface area contributed by atoms with Gasteiger partial charge in [0.05, 0.1) is 12.0 Å². The largest absolute Gasteiger partial charge is 0.198 e. The first-order chi connectivity index (χ1) is 8.72. The van der Waals surface area contributed by atoms with Crippen molar-refractivity contribution in [3.63, 3.8) is 0 Å². The topological polar surface area (TPSA) is 23.8 Å². The maximum absolute atomic E-state index is 9.40. The second-order valence-corrected chi connectivity index (χ2v) is 4.79. The van der Waals surface area contributed by atoms with Gasteiger partial charge in [-0.05, 0) is 23.3 Å². The highest BCUT2D eigenvalue weighted by Crippen LogP contribution is 2.32. The van der Waals surface area contributed by atoms with Crippen LogP contribution in [-0.2, 0) is 0 Å². The van der Waals surface area contributed by atoms with Gasteiger partial charge in [-0.2, -0.15) is 5.26 Å². The van der Waals surface area contributed by atoms with Crippen LogP contribution in [0.25, 0.3) is 0 Å². The molecule has 2 heteroatoms. The summed E-state index contributed by atoms with van der Waals surface area (Å²) in [6, 6.07) is 20.0. The van der Waals surface area contributed by atoms with E-state index in [4.69, 9.17) is 11.6 Å². The maximum atomic E-state index is 9.40. The average molecular weight is 256 g/mol. The zero-order valence-electron chi connectivity index (χ0n) is 10.2. The minimum atomic E-state index is -0.148. The Labute approximate surface area is 113 Å². The van der Waals surface area contributed by atoms with Gasteiger partial charge in [0, 0.05) is 10.9 Å². The Morgan fingerprint density at radius 3 is 2.11 bits per heavy atom. The molecule has 0 aliphatic rings. The van der Waals surface area contributed by atoms with Crippen LogP contribution in [0.3, 0.4) is 0 Å². The van der Waals surface area contributed by atoms with Crippen LogP contribution in [0.5, 0.6) is 0 Å². The molecule has 0 fully saturated rings. The van der Waals surface area contributed by atoms with Gasteiger partial charge in [0.2, 0.25) is 0 Å². The van der Waals surface area contributed by atoms with Crippen molar-refractivity contribution in [1.82, 2.24) is 0 Å². The molecule has 0 saturated carbocycles. The number of hydrogen-bond donors (Lipinski definition) is 0. The Morgan fingerprint density at radius 2 is 1.56 bits per heavy atom. The number of halogens is 1. The molecule has 2 rings (SSSR count). The minimum Gasteiger partial charge on any atom is -0.198 e. The van der Waals surface area contributed by atoms with E-state index in [-0.39, 0.29) is 11.8 Å². The molecule has 0 heterocycles. The van der Waals surface area contributed by atoms with E-state index in [0.29, 0.717) is 5.02 Å². The second kappa shape index (κ2) is 5.71. The Kier molecular flexibility index (Phi) is 4.02. The monoisotopic (exact) mass is 255 g/mol. The minimum absolute atomic E-state index is 0.148. The van der Waals surface area contributed by atoms with E-state index in [0.717, 1.165) is 5.56 Å². The molecule has 0 aliphatic carbocycles. The summed E-state index contributed by atoms with van der Waals surface area (Å²) in [7, 11) is 0. The summed E-state index contributed by atoms with van der Waals surface area (Å²) < 4.78 is 0. The van der Waals surface area contributed by atoms with Crippen molar-refractivity contribution in [3.05, 3.63) is 70.7 Å². The fraction of sp³-hybridized carbons (Fsp3) is 0.188. The van der Waals surface area contributed by atoms with Crippen LogP contribution in [0, 0.1) is 11.3 Å². The lowest BCUT2D eigenvalue weighted by atomic mass is 9.84. The lowest BCUT2D eigenvalue weighted by Gasteiger charge is -2.18. The van der Waals surface area contributed by atoms with Gasteiger partial charge in [0.15, 0.2) is 0 Å². The van der Waals surface area contributed by atoms with E-state index < -0.39 is 0 Å². The van der Waals surface area contributed by atoms with Crippen LogP contribution in [0.15, 0.2) is 54.6 Å². The molecule has 2 atom stereocenters. The van der Waals surface area contributed by atoms with Gasteiger partial charge in [-0.15, -0.1) is 0 Å². The molecule has 0 aliphatic heterocycles. The summed E-state index contributed by atoms with van der Waals surface area (Å²) in [5.41, 5.74) is 2.19. The molecule has 2 aromatic carbocycles. The van der Waals surface area contributed by atoms with Gasteiger partial charge in [-0.1, -0.05) is 61.0 Å². The van der Waals surface area contributed by atoms with E-state index in [1.807, 2.05) is 42.5 Å². The standard InChI is InChI=1S/C16H14ClN/c1-12(13-5-3-2-4-6-13)16(11-18)14-7-9-15(17)10-8-14/h2-10,12,16H,1H3. The molecular formula is C16H14ClN. The van der Waals surface area contributed by atoms with Crippen LogP contribution in [0.1, 0.15) is 29.9 Å². The van der Waals surface area contributed by atoms with Crippen LogP contribution >= 0.6 is 11.6 Å². The first-order valence-corrected chi connectivity index (χ1v) is 6.30. The maximum Gasteiger partial charge on any atom is 0.0778 e. The molecular weight excluding hydrogens is 242 g/mol. The average Bonchev–Trinajstić information content (AvgIpc) is 2.42. The fourth-order valence-electron chi connectivity index (χ4n) is 2.09. The van der Waals surface area contributed by atoms with E-state index in [1.165, 1.54) is 5.56 Å². The summed E-state index contributed by atoms with van der Waals surface area (Å²) in [4.78, 5) is 0. The van der Waals surface area contributed by atoms with E-state index in [1.54, 1.807) is 0 Å². The molecule has 90 valence electrons. The third-order valence-electron chi connectivity index (χ3n) is 3.19. The normalized spacial score (nSPS) is 13.6. The summed E-state index contributed by atoms with van der Waals surface area (Å²) >= 11 is 5.87. The van der Waals surface area contributed by atoms with Crippen LogP contribution < -0.4 is 0 Å². The molecule has 0 radical (unpaired) electrons. The lowest BCUT2D eigenvalue weighted by molar-refractivity contribution is 0.687. The van der Waals surface area contributed by atoms with Crippen LogP contribution in [-0.4, -0.2) is 0 Å². The summed E-state index contributed by atoms with van der Waals surface area (Å²) in [6.07, 6.45) is 0. The first kappa shape index (κ1) is 12.7. The van der Waals surface area contributed by atoms with E-state index in [9.17, 15) is 5.26 Å². The van der Waals surface area contributed by atoms with E-state index in [2.05, 4.69) is 25.1 Å². The SMILES string of the molecule is CC(c1ccccc1)C(C#N)c1ccc(Cl)cc1. The number of rotatable bonds is 3. The summed E-state index contributed by atoms with van der Waals surface area (Å²) in [5, 5.41) is 10.1. The number of hydrogen-bond acceptors (Lipinski definition) is 1. The van der Waals surface area contributed by atoms with Crippen molar-refractivity contribution in [2.45, 2.75) is 18.8 Å². The number of benzene rings is 2. The molecule has 0 N–H and O–H groups in total. The van der Waals surface area contributed by atoms with Crippen molar-refractivity contribution in [2.75, 3.05) is 0 Å². The number of nitrogens with zero attached hydrogens (tertiary/aromatic N) is 1. The quantitative estimate of drug-likeness (QED) is 0.776. The Bertz CT molecular complexity index is 540. The van der Waals surface area contributed by atoms with Gasteiger partial charge in [0.25, 0.3) is 0 Å². The highest BCUT2D eigenvalue weighted by atomic mass is 35.5. The molecule has 0 amide bonds. The third-order valence-corrected chi connectivity index (χ3v) is 3.45. The zero-order chi connectivity index (χ0) is 13.0. The second-order valence-electron chi connectivity index (χ2n) is 4.36. The smallest absolute Gasteiger partial charge is 0.0778 e. The number of nitriles is 1. The highest BCUT2D eigenvalue weighted by molar-refractivity contribution is 6.30. The Morgan fingerprint density at radius 1 is 0.944 bits per heavy atom. The highest BCUT2D eigenvalue weighted by Gasteiger charge is 2.20. The fourth-order valence-corrected chi connectivity index (χ4v) is 2.22.